The summed E-state index contributed by atoms with van der Waals surface area (Å²) in [6, 6.07) is 0. The van der Waals surface area contributed by atoms with Gasteiger partial charge in [-0.15, -0.1) is 6.42 Å². The molecule has 0 aliphatic rings. The highest BCUT2D eigenvalue weighted by Crippen LogP contribution is 1.92. The summed E-state index contributed by atoms with van der Waals surface area (Å²) < 4.78 is 4.53. The van der Waals surface area contributed by atoms with Crippen LogP contribution in [0.4, 0.5) is 0 Å². The van der Waals surface area contributed by atoms with E-state index in [1.165, 1.54) is 20.3 Å². The predicted octanol–water partition coefficient (Wildman–Crippen LogP) is 0.739. The van der Waals surface area contributed by atoms with E-state index in [-0.39, 0.29) is 11.4 Å². The normalized spacial score (nSPS) is 10.1. The number of terminal acetylenes is 1. The highest BCUT2D eigenvalue weighted by Gasteiger charge is 1.96. The number of carbonyl (C=O) groups excluding carboxylic acids is 1. The van der Waals surface area contributed by atoms with Crippen molar-refractivity contribution in [1.29, 1.82) is 0 Å². The third kappa shape index (κ3) is 2.55. The Balaban J connectivity index is 4.20. The molecule has 0 fully saturated rings. The van der Waals surface area contributed by atoms with E-state index >= 15 is 0 Å². The number of allylic oxidation sites excluding steroid dienone is 1. The van der Waals surface area contributed by atoms with Crippen molar-refractivity contribution in [2.24, 2.45) is 0 Å². The topological polar surface area (TPSA) is 26.3 Å². The minimum atomic E-state index is -0.153. The van der Waals surface area contributed by atoms with E-state index in [9.17, 15) is 4.79 Å². The summed E-state index contributed by atoms with van der Waals surface area (Å²) in [6.07, 6.45) is 6.19. The maximum Gasteiger partial charge on any atom is 0.171 e. The van der Waals surface area contributed by atoms with E-state index < -0.39 is 0 Å². The van der Waals surface area contributed by atoms with Gasteiger partial charge in [-0.05, 0) is 6.92 Å². The van der Waals surface area contributed by atoms with Crippen LogP contribution in [0, 0.1) is 12.3 Å². The summed E-state index contributed by atoms with van der Waals surface area (Å²) in [6.45, 7) is 1.39. The maximum absolute atomic E-state index is 10.5. The van der Waals surface area contributed by atoms with Crippen LogP contribution >= 0.6 is 0 Å². The third-order valence-corrected chi connectivity index (χ3v) is 0.770. The Morgan fingerprint density at radius 1 is 1.78 bits per heavy atom. The molecule has 0 aromatic carbocycles. The summed E-state index contributed by atoms with van der Waals surface area (Å²) in [5, 5.41) is 0. The predicted molar refractivity (Wildman–Crippen MR) is 34.6 cm³/mol. The lowest BCUT2D eigenvalue weighted by Crippen LogP contribution is -1.93. The van der Waals surface area contributed by atoms with Gasteiger partial charge in [-0.1, -0.05) is 5.92 Å². The molecular weight excluding hydrogens is 116 g/mol. The minimum absolute atomic E-state index is 0.153. The second kappa shape index (κ2) is 3.73. The van der Waals surface area contributed by atoms with Crippen molar-refractivity contribution in [3.05, 3.63) is 11.8 Å². The number of ether oxygens (including phenoxy) is 1. The smallest absolute Gasteiger partial charge is 0.171 e. The van der Waals surface area contributed by atoms with Crippen LogP contribution in [-0.4, -0.2) is 12.9 Å². The third-order valence-electron chi connectivity index (χ3n) is 0.770. The first kappa shape index (κ1) is 7.77. The van der Waals surface area contributed by atoms with Crippen LogP contribution in [0.1, 0.15) is 6.92 Å². The first-order valence-electron chi connectivity index (χ1n) is 2.43. The SMILES string of the molecule is C#CC(=COC)C(C)=O. The van der Waals surface area contributed by atoms with Gasteiger partial charge in [0.2, 0.25) is 0 Å². The fraction of sp³-hybridized carbons (Fsp3) is 0.286. The van der Waals surface area contributed by atoms with Crippen molar-refractivity contribution in [1.82, 2.24) is 0 Å². The molecule has 2 nitrogen and oxygen atoms in total. The lowest BCUT2D eigenvalue weighted by atomic mass is 10.2. The molecule has 0 aromatic heterocycles. The monoisotopic (exact) mass is 124 g/mol. The van der Waals surface area contributed by atoms with Crippen molar-refractivity contribution in [2.75, 3.05) is 7.11 Å². The summed E-state index contributed by atoms with van der Waals surface area (Å²) in [4.78, 5) is 10.5. The van der Waals surface area contributed by atoms with Crippen LogP contribution < -0.4 is 0 Å². The van der Waals surface area contributed by atoms with Crippen LogP contribution in [0.5, 0.6) is 0 Å². The Morgan fingerprint density at radius 3 is 2.44 bits per heavy atom. The minimum Gasteiger partial charge on any atom is -0.503 e. The summed E-state index contributed by atoms with van der Waals surface area (Å²) in [7, 11) is 1.44. The van der Waals surface area contributed by atoms with Crippen LogP contribution in [-0.2, 0) is 9.53 Å². The van der Waals surface area contributed by atoms with Crippen LogP contribution in [0.15, 0.2) is 11.8 Å². The molecule has 0 aliphatic heterocycles. The van der Waals surface area contributed by atoms with Gasteiger partial charge in [-0.3, -0.25) is 4.79 Å². The van der Waals surface area contributed by atoms with Gasteiger partial charge >= 0.3 is 0 Å². The van der Waals surface area contributed by atoms with Crippen LogP contribution in [0.2, 0.25) is 0 Å². The van der Waals surface area contributed by atoms with Gasteiger partial charge in [0.1, 0.15) is 11.8 Å². The van der Waals surface area contributed by atoms with E-state index in [1.54, 1.807) is 0 Å². The first-order valence-corrected chi connectivity index (χ1v) is 2.43. The fourth-order valence-electron chi connectivity index (χ4n) is 0.336. The second-order valence-corrected chi connectivity index (χ2v) is 1.47. The van der Waals surface area contributed by atoms with Gasteiger partial charge in [0.25, 0.3) is 0 Å². The largest absolute Gasteiger partial charge is 0.503 e. The zero-order valence-corrected chi connectivity index (χ0v) is 5.47. The van der Waals surface area contributed by atoms with E-state index in [0.29, 0.717) is 0 Å². The Bertz CT molecular complexity index is 172. The Hall–Kier alpha value is -1.23. The zero-order valence-electron chi connectivity index (χ0n) is 5.47. The quantitative estimate of drug-likeness (QED) is 0.308. The van der Waals surface area contributed by atoms with Crippen molar-refractivity contribution in [2.45, 2.75) is 6.92 Å². The number of ketones is 1. The standard InChI is InChI=1S/C7H8O2/c1-4-7(5-9-3)6(2)8/h1,5H,2-3H3. The van der Waals surface area contributed by atoms with Crippen molar-refractivity contribution in [3.63, 3.8) is 0 Å². The van der Waals surface area contributed by atoms with Crippen LogP contribution in [0.3, 0.4) is 0 Å². The molecule has 0 atom stereocenters. The molecular formula is C7H8O2. The summed E-state index contributed by atoms with van der Waals surface area (Å²) in [5.41, 5.74) is 0.262. The Morgan fingerprint density at radius 2 is 2.33 bits per heavy atom. The number of Topliss-reactive ketones (excluding diaryl/α,β-unsaturated/α-hetero) is 1. The van der Waals surface area contributed by atoms with Gasteiger partial charge < -0.3 is 4.74 Å². The average molecular weight is 124 g/mol. The van der Waals surface area contributed by atoms with E-state index in [2.05, 4.69) is 10.7 Å². The van der Waals surface area contributed by atoms with E-state index in [1.807, 2.05) is 0 Å². The lowest BCUT2D eigenvalue weighted by Gasteiger charge is -1.90. The molecule has 0 aromatic rings. The molecule has 0 unspecified atom stereocenters. The fourth-order valence-corrected chi connectivity index (χ4v) is 0.336. The molecule has 0 aliphatic carbocycles. The van der Waals surface area contributed by atoms with Crippen molar-refractivity contribution in [3.8, 4) is 12.3 Å². The number of methoxy groups -OCH3 is 1. The van der Waals surface area contributed by atoms with Gasteiger partial charge in [0.05, 0.1) is 7.11 Å². The Kier molecular flexibility index (Phi) is 3.22. The Labute approximate surface area is 54.5 Å². The summed E-state index contributed by atoms with van der Waals surface area (Å²) >= 11 is 0. The maximum atomic E-state index is 10.5. The van der Waals surface area contributed by atoms with E-state index in [0.717, 1.165) is 0 Å². The number of rotatable bonds is 2. The first-order chi connectivity index (χ1) is 4.22. The van der Waals surface area contributed by atoms with Crippen molar-refractivity contribution < 1.29 is 9.53 Å². The average Bonchev–Trinajstić information content (AvgIpc) is 1.82. The van der Waals surface area contributed by atoms with Gasteiger partial charge in [0.15, 0.2) is 5.78 Å². The molecule has 0 radical (unpaired) electrons. The summed E-state index contributed by atoms with van der Waals surface area (Å²) in [5.74, 6) is 2.04. The lowest BCUT2D eigenvalue weighted by molar-refractivity contribution is -0.113. The molecule has 0 N–H and O–H groups in total. The molecule has 0 saturated heterocycles. The molecule has 0 heterocycles. The highest BCUT2D eigenvalue weighted by molar-refractivity contribution is 5.97. The van der Waals surface area contributed by atoms with Crippen molar-refractivity contribution >= 4 is 5.78 Å². The van der Waals surface area contributed by atoms with Crippen LogP contribution in [0.25, 0.3) is 0 Å². The van der Waals surface area contributed by atoms with Gasteiger partial charge in [0, 0.05) is 0 Å². The number of carbonyl (C=O) groups is 1. The molecule has 0 saturated carbocycles. The molecule has 0 amide bonds. The number of hydrogen-bond donors (Lipinski definition) is 0. The highest BCUT2D eigenvalue weighted by atomic mass is 16.5. The molecule has 9 heavy (non-hydrogen) atoms. The zero-order chi connectivity index (χ0) is 7.28. The molecule has 0 spiro atoms. The molecule has 2 heteroatoms. The molecule has 48 valence electrons. The molecule has 0 bridgehead atoms. The van der Waals surface area contributed by atoms with Gasteiger partial charge in [-0.25, -0.2) is 0 Å². The molecule has 0 rings (SSSR count). The number of hydrogen-bond acceptors (Lipinski definition) is 2. The van der Waals surface area contributed by atoms with Gasteiger partial charge in [-0.2, -0.15) is 0 Å². The second-order valence-electron chi connectivity index (χ2n) is 1.47. The van der Waals surface area contributed by atoms with E-state index in [4.69, 9.17) is 6.42 Å².